The third-order valence-electron chi connectivity index (χ3n) is 6.52. The minimum Gasteiger partial charge on any atom is -0.489 e. The number of halogens is 1. The Morgan fingerprint density at radius 1 is 1.22 bits per heavy atom. The molecule has 1 heterocycles. The number of hydrogen-bond donors (Lipinski definition) is 2. The maximum absolute atomic E-state index is 11.9. The van der Waals surface area contributed by atoms with Crippen molar-refractivity contribution in [3.05, 3.63) is 39.8 Å². The number of benzene rings is 1. The van der Waals surface area contributed by atoms with Gasteiger partial charge in [-0.2, -0.15) is 0 Å². The first-order chi connectivity index (χ1) is 12.7. The van der Waals surface area contributed by atoms with Gasteiger partial charge in [-0.05, 0) is 66.5 Å². The van der Waals surface area contributed by atoms with E-state index in [1.165, 1.54) is 0 Å². The van der Waals surface area contributed by atoms with Crippen LogP contribution in [0.3, 0.4) is 0 Å². The number of nitrogens with one attached hydrogen (secondary N) is 1. The van der Waals surface area contributed by atoms with Gasteiger partial charge in [0.2, 0.25) is 0 Å². The molecule has 1 aromatic carbocycles. The first-order valence-corrected chi connectivity index (χ1v) is 10.4. The lowest BCUT2D eigenvalue weighted by molar-refractivity contribution is 0.0146. The summed E-state index contributed by atoms with van der Waals surface area (Å²) in [6.07, 6.45) is 5.87. The molecule has 0 aliphatic heterocycles. The molecule has 27 heavy (non-hydrogen) atoms. The third kappa shape index (κ3) is 3.88. The van der Waals surface area contributed by atoms with Crippen LogP contribution in [-0.2, 0) is 0 Å². The molecule has 0 saturated heterocycles. The number of hydrogen-bond acceptors (Lipinski definition) is 3. The van der Waals surface area contributed by atoms with Gasteiger partial charge in [-0.15, -0.1) is 0 Å². The molecule has 4 nitrogen and oxygen atoms in total. The molecular formula is C22H31ClN2O2. The zero-order valence-corrected chi connectivity index (χ0v) is 17.5. The lowest BCUT2D eigenvalue weighted by Gasteiger charge is -2.48. The summed E-state index contributed by atoms with van der Waals surface area (Å²) in [5.74, 6) is 1.68. The molecule has 1 atom stereocenters. The van der Waals surface area contributed by atoms with Gasteiger partial charge in [0.1, 0.15) is 5.75 Å². The molecular weight excluding hydrogens is 360 g/mol. The van der Waals surface area contributed by atoms with Gasteiger partial charge in [-0.1, -0.05) is 39.3 Å². The van der Waals surface area contributed by atoms with E-state index in [2.05, 4.69) is 32.7 Å². The molecule has 3 N–H and O–H groups in total. The number of aromatic nitrogens is 1. The normalized spacial score (nSPS) is 24.5. The van der Waals surface area contributed by atoms with E-state index in [-0.39, 0.29) is 23.1 Å². The Hall–Kier alpha value is -1.52. The van der Waals surface area contributed by atoms with Gasteiger partial charge in [-0.3, -0.25) is 4.79 Å². The average molecular weight is 391 g/mol. The number of nitrogens with two attached hydrogens (primary N) is 1. The summed E-state index contributed by atoms with van der Waals surface area (Å²) in [7, 11) is 0. The van der Waals surface area contributed by atoms with Crippen LogP contribution in [0, 0.1) is 17.3 Å². The van der Waals surface area contributed by atoms with E-state index in [1.54, 1.807) is 12.3 Å². The Bertz CT molecular complexity index is 851. The van der Waals surface area contributed by atoms with Crippen molar-refractivity contribution >= 4 is 22.4 Å². The number of rotatable bonds is 5. The molecule has 0 bridgehead atoms. The minimum atomic E-state index is -0.136. The number of H-pyrrole nitrogens is 1. The molecule has 0 radical (unpaired) electrons. The lowest BCUT2D eigenvalue weighted by Crippen LogP contribution is -2.51. The van der Waals surface area contributed by atoms with Gasteiger partial charge >= 0.3 is 0 Å². The summed E-state index contributed by atoms with van der Waals surface area (Å²) >= 11 is 6.40. The van der Waals surface area contributed by atoms with Crippen LogP contribution < -0.4 is 16.0 Å². The number of aromatic amines is 1. The molecule has 1 unspecified atom stereocenters. The van der Waals surface area contributed by atoms with Crippen molar-refractivity contribution in [2.45, 2.75) is 65.5 Å². The van der Waals surface area contributed by atoms with Crippen molar-refractivity contribution in [2.24, 2.45) is 23.0 Å². The van der Waals surface area contributed by atoms with Crippen LogP contribution >= 0.6 is 11.6 Å². The highest BCUT2D eigenvalue weighted by molar-refractivity contribution is 6.32. The SMILES string of the molecule is CC(C)C(N)C1(C(C)C)CCC(Oc2cc3cc[nH]c(=O)c3cc2Cl)CC1. The summed E-state index contributed by atoms with van der Waals surface area (Å²) in [6.45, 7) is 9.02. The van der Waals surface area contributed by atoms with E-state index in [4.69, 9.17) is 22.1 Å². The molecule has 0 amide bonds. The van der Waals surface area contributed by atoms with E-state index >= 15 is 0 Å². The van der Waals surface area contributed by atoms with Crippen molar-refractivity contribution in [3.8, 4) is 5.75 Å². The first-order valence-electron chi connectivity index (χ1n) is 9.98. The minimum absolute atomic E-state index is 0.133. The van der Waals surface area contributed by atoms with E-state index in [0.29, 0.717) is 28.0 Å². The second-order valence-corrected chi connectivity index (χ2v) is 9.06. The van der Waals surface area contributed by atoms with Gasteiger partial charge < -0.3 is 15.5 Å². The molecule has 3 rings (SSSR count). The van der Waals surface area contributed by atoms with Gasteiger partial charge in [0.25, 0.3) is 5.56 Å². The van der Waals surface area contributed by atoms with E-state index < -0.39 is 0 Å². The zero-order valence-electron chi connectivity index (χ0n) is 16.7. The third-order valence-corrected chi connectivity index (χ3v) is 6.81. The Morgan fingerprint density at radius 3 is 2.48 bits per heavy atom. The molecule has 2 aromatic rings. The Labute approximate surface area is 166 Å². The summed E-state index contributed by atoms with van der Waals surface area (Å²) in [5.41, 5.74) is 6.67. The predicted molar refractivity (Wildman–Crippen MR) is 113 cm³/mol. The van der Waals surface area contributed by atoms with Gasteiger partial charge in [0.05, 0.1) is 11.1 Å². The second-order valence-electron chi connectivity index (χ2n) is 8.65. The van der Waals surface area contributed by atoms with Crippen molar-refractivity contribution in [3.63, 3.8) is 0 Å². The molecule has 1 aliphatic rings. The van der Waals surface area contributed by atoms with Crippen LogP contribution in [-0.4, -0.2) is 17.1 Å². The van der Waals surface area contributed by atoms with Crippen molar-refractivity contribution in [2.75, 3.05) is 0 Å². The monoisotopic (exact) mass is 390 g/mol. The fourth-order valence-corrected chi connectivity index (χ4v) is 4.87. The van der Waals surface area contributed by atoms with Crippen LogP contribution in [0.15, 0.2) is 29.2 Å². The standard InChI is InChI=1S/C22H31ClN2O2/c1-13(2)20(24)22(14(3)4)8-5-16(6-9-22)27-19-11-15-7-10-25-21(26)17(15)12-18(19)23/h7,10-14,16,20H,5-6,8-9,24H2,1-4H3,(H,25,26). The number of pyridine rings is 1. The van der Waals surface area contributed by atoms with Crippen LogP contribution in [0.25, 0.3) is 10.8 Å². The largest absolute Gasteiger partial charge is 0.489 e. The van der Waals surface area contributed by atoms with E-state index in [0.717, 1.165) is 31.1 Å². The quantitative estimate of drug-likeness (QED) is 0.743. The Morgan fingerprint density at radius 2 is 1.89 bits per heavy atom. The molecule has 0 spiro atoms. The fourth-order valence-electron chi connectivity index (χ4n) is 4.66. The van der Waals surface area contributed by atoms with Crippen molar-refractivity contribution < 1.29 is 4.74 Å². The lowest BCUT2D eigenvalue weighted by atomic mass is 9.60. The topological polar surface area (TPSA) is 68.1 Å². The maximum Gasteiger partial charge on any atom is 0.255 e. The summed E-state index contributed by atoms with van der Waals surface area (Å²) in [4.78, 5) is 14.6. The average Bonchev–Trinajstić information content (AvgIpc) is 2.63. The van der Waals surface area contributed by atoms with E-state index in [9.17, 15) is 4.79 Å². The Kier molecular flexibility index (Phi) is 5.87. The molecule has 148 valence electrons. The Balaban J connectivity index is 1.77. The van der Waals surface area contributed by atoms with Gasteiger partial charge in [-0.25, -0.2) is 0 Å². The van der Waals surface area contributed by atoms with E-state index in [1.807, 2.05) is 12.1 Å². The zero-order chi connectivity index (χ0) is 19.8. The molecule has 1 fully saturated rings. The fraction of sp³-hybridized carbons (Fsp3) is 0.591. The molecule has 1 aliphatic carbocycles. The first kappa shape index (κ1) is 20.2. The summed E-state index contributed by atoms with van der Waals surface area (Å²) < 4.78 is 6.26. The van der Waals surface area contributed by atoms with Gasteiger partial charge in [0, 0.05) is 17.6 Å². The second kappa shape index (κ2) is 7.84. The van der Waals surface area contributed by atoms with Gasteiger partial charge in [0.15, 0.2) is 0 Å². The highest BCUT2D eigenvalue weighted by Crippen LogP contribution is 2.47. The van der Waals surface area contributed by atoms with Crippen LogP contribution in [0.2, 0.25) is 5.02 Å². The summed E-state index contributed by atoms with van der Waals surface area (Å²) in [5, 5.41) is 1.91. The van der Waals surface area contributed by atoms with Crippen LogP contribution in [0.4, 0.5) is 0 Å². The molecule has 1 saturated carbocycles. The highest BCUT2D eigenvalue weighted by atomic mass is 35.5. The summed E-state index contributed by atoms with van der Waals surface area (Å²) in [6, 6.07) is 5.64. The highest BCUT2D eigenvalue weighted by Gasteiger charge is 2.44. The smallest absolute Gasteiger partial charge is 0.255 e. The van der Waals surface area contributed by atoms with Crippen molar-refractivity contribution in [1.82, 2.24) is 4.98 Å². The number of ether oxygens (including phenoxy) is 1. The number of fused-ring (bicyclic) bond motifs is 1. The molecule has 5 heteroatoms. The maximum atomic E-state index is 11.9. The van der Waals surface area contributed by atoms with Crippen LogP contribution in [0.1, 0.15) is 53.4 Å². The predicted octanol–water partition coefficient (Wildman–Crippen LogP) is 5.13. The molecule has 1 aromatic heterocycles. The van der Waals surface area contributed by atoms with Crippen molar-refractivity contribution in [1.29, 1.82) is 0 Å². The van der Waals surface area contributed by atoms with Crippen LogP contribution in [0.5, 0.6) is 5.75 Å².